The number of aliphatic hydroxyl groups excluding tert-OH is 1. The summed E-state index contributed by atoms with van der Waals surface area (Å²) < 4.78 is 36.6. The summed E-state index contributed by atoms with van der Waals surface area (Å²) in [7, 11) is 1.50. The Morgan fingerprint density at radius 1 is 1.10 bits per heavy atom. The van der Waals surface area contributed by atoms with Crippen LogP contribution in [-0.4, -0.2) is 18.8 Å². The van der Waals surface area contributed by atoms with Gasteiger partial charge in [0.05, 0.1) is 7.11 Å². The van der Waals surface area contributed by atoms with Crippen molar-refractivity contribution in [3.63, 3.8) is 0 Å². The van der Waals surface area contributed by atoms with E-state index >= 15 is 0 Å². The molecular weight excluding hydrogens is 278 g/mol. The van der Waals surface area contributed by atoms with Gasteiger partial charge in [0.2, 0.25) is 0 Å². The summed E-state index contributed by atoms with van der Waals surface area (Å²) in [6.07, 6.45) is -0.982. The molecule has 1 N–H and O–H groups in total. The molecule has 0 spiro atoms. The van der Waals surface area contributed by atoms with E-state index < -0.39 is 17.7 Å². The minimum Gasteiger partial charge on any atom is -0.496 e. The molecule has 0 heterocycles. The van der Waals surface area contributed by atoms with E-state index in [-0.39, 0.29) is 12.4 Å². The van der Waals surface area contributed by atoms with Crippen molar-refractivity contribution in [1.82, 2.24) is 0 Å². The fourth-order valence-electron chi connectivity index (χ4n) is 1.96. The van der Waals surface area contributed by atoms with Gasteiger partial charge in [-0.25, -0.2) is 8.78 Å². The Balaban J connectivity index is 2.11. The van der Waals surface area contributed by atoms with Gasteiger partial charge in [0.25, 0.3) is 0 Å². The number of benzene rings is 2. The Morgan fingerprint density at radius 3 is 2.48 bits per heavy atom. The molecule has 0 aromatic heterocycles. The first-order valence-corrected chi connectivity index (χ1v) is 6.41. The Morgan fingerprint density at radius 2 is 1.81 bits per heavy atom. The van der Waals surface area contributed by atoms with E-state index in [1.165, 1.54) is 13.2 Å². The molecule has 0 radical (unpaired) electrons. The third kappa shape index (κ3) is 3.70. The molecule has 1 unspecified atom stereocenters. The van der Waals surface area contributed by atoms with Crippen LogP contribution in [-0.2, 0) is 0 Å². The van der Waals surface area contributed by atoms with Crippen molar-refractivity contribution < 1.29 is 23.4 Å². The second-order valence-electron chi connectivity index (χ2n) is 4.65. The van der Waals surface area contributed by atoms with Crippen LogP contribution in [0.15, 0.2) is 36.4 Å². The van der Waals surface area contributed by atoms with E-state index in [1.807, 2.05) is 13.0 Å². The minimum absolute atomic E-state index is 0.109. The van der Waals surface area contributed by atoms with Gasteiger partial charge in [-0.05, 0) is 31.2 Å². The number of rotatable bonds is 5. The predicted molar refractivity (Wildman–Crippen MR) is 74.5 cm³/mol. The molecule has 112 valence electrons. The molecule has 0 aliphatic carbocycles. The lowest BCUT2D eigenvalue weighted by atomic mass is 10.1. The van der Waals surface area contributed by atoms with Crippen LogP contribution in [0.5, 0.6) is 11.5 Å². The van der Waals surface area contributed by atoms with Crippen LogP contribution in [0.4, 0.5) is 8.78 Å². The summed E-state index contributed by atoms with van der Waals surface area (Å²) in [5.41, 5.74) is 1.51. The first kappa shape index (κ1) is 15.3. The van der Waals surface area contributed by atoms with E-state index in [9.17, 15) is 13.9 Å². The molecule has 0 saturated carbocycles. The smallest absolute Gasteiger partial charge is 0.167 e. The number of methoxy groups -OCH3 is 1. The normalized spacial score (nSPS) is 12.0. The number of aryl methyl sites for hydroxylation is 1. The van der Waals surface area contributed by atoms with Crippen LogP contribution in [0.25, 0.3) is 0 Å². The van der Waals surface area contributed by atoms with Crippen molar-refractivity contribution in [1.29, 1.82) is 0 Å². The average molecular weight is 294 g/mol. The topological polar surface area (TPSA) is 38.7 Å². The molecule has 0 bridgehead atoms. The van der Waals surface area contributed by atoms with Crippen LogP contribution < -0.4 is 9.47 Å². The summed E-state index contributed by atoms with van der Waals surface area (Å²) in [4.78, 5) is 0. The van der Waals surface area contributed by atoms with E-state index in [0.717, 1.165) is 17.7 Å². The molecule has 0 amide bonds. The highest BCUT2D eigenvalue weighted by atomic mass is 19.1. The van der Waals surface area contributed by atoms with Gasteiger partial charge < -0.3 is 14.6 Å². The monoisotopic (exact) mass is 294 g/mol. The van der Waals surface area contributed by atoms with Gasteiger partial charge in [-0.3, -0.25) is 0 Å². The maximum absolute atomic E-state index is 13.4. The number of aliphatic hydroxyl groups is 1. The maximum atomic E-state index is 13.4. The summed E-state index contributed by atoms with van der Waals surface area (Å²) in [6.45, 7) is 1.72. The van der Waals surface area contributed by atoms with E-state index in [0.29, 0.717) is 11.3 Å². The molecule has 2 aromatic carbocycles. The number of halogens is 2. The number of ether oxygens (including phenoxy) is 2. The Kier molecular flexibility index (Phi) is 4.75. The standard InChI is InChI=1S/C16H16F2O3/c1-10-3-5-15(20-2)12(7-10)14(19)9-21-16-6-4-11(17)8-13(16)18/h3-8,14,19H,9H2,1-2H3. The molecule has 0 saturated heterocycles. The van der Waals surface area contributed by atoms with Gasteiger partial charge >= 0.3 is 0 Å². The van der Waals surface area contributed by atoms with Gasteiger partial charge in [-0.15, -0.1) is 0 Å². The molecule has 2 rings (SSSR count). The van der Waals surface area contributed by atoms with Crippen LogP contribution >= 0.6 is 0 Å². The second kappa shape index (κ2) is 6.54. The van der Waals surface area contributed by atoms with Crippen molar-refractivity contribution >= 4 is 0 Å². The lowest BCUT2D eigenvalue weighted by Gasteiger charge is -2.16. The maximum Gasteiger partial charge on any atom is 0.167 e. The van der Waals surface area contributed by atoms with Crippen LogP contribution in [0, 0.1) is 18.6 Å². The van der Waals surface area contributed by atoms with Gasteiger partial charge in [0.15, 0.2) is 11.6 Å². The average Bonchev–Trinajstić information content (AvgIpc) is 2.46. The highest BCUT2D eigenvalue weighted by Gasteiger charge is 2.15. The molecule has 0 aliphatic rings. The Labute approximate surface area is 121 Å². The van der Waals surface area contributed by atoms with E-state index in [4.69, 9.17) is 9.47 Å². The summed E-state index contributed by atoms with van der Waals surface area (Å²) in [6, 6.07) is 8.38. The zero-order chi connectivity index (χ0) is 15.4. The summed E-state index contributed by atoms with van der Waals surface area (Å²) >= 11 is 0. The van der Waals surface area contributed by atoms with Gasteiger partial charge in [-0.1, -0.05) is 11.6 Å². The van der Waals surface area contributed by atoms with Crippen molar-refractivity contribution in [3.8, 4) is 11.5 Å². The quantitative estimate of drug-likeness (QED) is 0.918. The number of hydrogen-bond donors (Lipinski definition) is 1. The summed E-state index contributed by atoms with van der Waals surface area (Å²) in [5, 5.41) is 10.2. The van der Waals surface area contributed by atoms with Crippen LogP contribution in [0.2, 0.25) is 0 Å². The van der Waals surface area contributed by atoms with E-state index in [2.05, 4.69) is 0 Å². The molecule has 21 heavy (non-hydrogen) atoms. The van der Waals surface area contributed by atoms with Gasteiger partial charge in [-0.2, -0.15) is 0 Å². The van der Waals surface area contributed by atoms with Crippen LogP contribution in [0.3, 0.4) is 0 Å². The largest absolute Gasteiger partial charge is 0.496 e. The second-order valence-corrected chi connectivity index (χ2v) is 4.65. The minimum atomic E-state index is -0.982. The zero-order valence-electron chi connectivity index (χ0n) is 11.8. The molecule has 1 atom stereocenters. The fourth-order valence-corrected chi connectivity index (χ4v) is 1.96. The molecule has 0 aliphatic heterocycles. The molecular formula is C16H16F2O3. The fraction of sp³-hybridized carbons (Fsp3) is 0.250. The van der Waals surface area contributed by atoms with Crippen molar-refractivity contribution in [2.75, 3.05) is 13.7 Å². The Bertz CT molecular complexity index is 629. The lowest BCUT2D eigenvalue weighted by Crippen LogP contribution is -2.11. The SMILES string of the molecule is COc1ccc(C)cc1C(O)COc1ccc(F)cc1F. The van der Waals surface area contributed by atoms with Gasteiger partial charge in [0, 0.05) is 11.6 Å². The first-order valence-electron chi connectivity index (χ1n) is 6.41. The number of hydrogen-bond acceptors (Lipinski definition) is 3. The van der Waals surface area contributed by atoms with Crippen molar-refractivity contribution in [2.24, 2.45) is 0 Å². The summed E-state index contributed by atoms with van der Waals surface area (Å²) in [5.74, 6) is -1.07. The Hall–Kier alpha value is -2.14. The third-order valence-corrected chi connectivity index (χ3v) is 3.03. The molecule has 0 fully saturated rings. The lowest BCUT2D eigenvalue weighted by molar-refractivity contribution is 0.103. The molecule has 2 aromatic rings. The highest BCUT2D eigenvalue weighted by molar-refractivity contribution is 5.38. The molecule has 5 heteroatoms. The predicted octanol–water partition coefficient (Wildman–Crippen LogP) is 3.39. The highest BCUT2D eigenvalue weighted by Crippen LogP contribution is 2.27. The van der Waals surface area contributed by atoms with Crippen molar-refractivity contribution in [2.45, 2.75) is 13.0 Å². The third-order valence-electron chi connectivity index (χ3n) is 3.03. The van der Waals surface area contributed by atoms with E-state index in [1.54, 1.807) is 12.1 Å². The zero-order valence-corrected chi connectivity index (χ0v) is 11.8. The van der Waals surface area contributed by atoms with Crippen LogP contribution in [0.1, 0.15) is 17.2 Å². The molecule has 3 nitrogen and oxygen atoms in total. The first-order chi connectivity index (χ1) is 10.0. The van der Waals surface area contributed by atoms with Gasteiger partial charge in [0.1, 0.15) is 24.3 Å². The van der Waals surface area contributed by atoms with Crippen molar-refractivity contribution in [3.05, 3.63) is 59.2 Å².